The van der Waals surface area contributed by atoms with Gasteiger partial charge < -0.3 is 10.8 Å². The molecule has 4 N–H and O–H groups in total. The standard InChI is InChI=1S/C5H11N3O2/c1-8(2-3(9)10)5-4(6)7-5/h4-5,7H,2,6H2,1H3,(H,9,10)/t4-,5?/m0/s1. The van der Waals surface area contributed by atoms with E-state index in [1.54, 1.807) is 11.9 Å². The predicted molar refractivity (Wildman–Crippen MR) is 35.2 cm³/mol. The Hall–Kier alpha value is -0.650. The highest BCUT2D eigenvalue weighted by atomic mass is 16.4. The van der Waals surface area contributed by atoms with Gasteiger partial charge >= 0.3 is 5.97 Å². The van der Waals surface area contributed by atoms with Crippen LogP contribution in [0.1, 0.15) is 0 Å². The van der Waals surface area contributed by atoms with E-state index in [4.69, 9.17) is 10.8 Å². The molecule has 0 radical (unpaired) electrons. The number of hydrogen-bond acceptors (Lipinski definition) is 4. The summed E-state index contributed by atoms with van der Waals surface area (Å²) < 4.78 is 0. The van der Waals surface area contributed by atoms with E-state index in [9.17, 15) is 4.79 Å². The minimum Gasteiger partial charge on any atom is -0.480 e. The van der Waals surface area contributed by atoms with Gasteiger partial charge in [0.15, 0.2) is 0 Å². The minimum atomic E-state index is -0.830. The van der Waals surface area contributed by atoms with Crippen molar-refractivity contribution >= 4 is 5.97 Å². The first kappa shape index (κ1) is 7.46. The van der Waals surface area contributed by atoms with Gasteiger partial charge in [0.25, 0.3) is 0 Å². The molecule has 0 bridgehead atoms. The second-order valence-electron chi connectivity index (χ2n) is 2.45. The normalized spacial score (nSPS) is 30.7. The summed E-state index contributed by atoms with van der Waals surface area (Å²) in [6.07, 6.45) is 0.000417. The number of rotatable bonds is 3. The number of nitrogens with two attached hydrogens (primary N) is 1. The van der Waals surface area contributed by atoms with Crippen LogP contribution in [-0.2, 0) is 4.79 Å². The third-order valence-corrected chi connectivity index (χ3v) is 1.45. The van der Waals surface area contributed by atoms with Gasteiger partial charge in [-0.1, -0.05) is 0 Å². The third kappa shape index (κ3) is 1.66. The largest absolute Gasteiger partial charge is 0.480 e. The van der Waals surface area contributed by atoms with Crippen molar-refractivity contribution in [3.05, 3.63) is 0 Å². The maximum Gasteiger partial charge on any atom is 0.317 e. The Morgan fingerprint density at radius 1 is 1.90 bits per heavy atom. The summed E-state index contributed by atoms with van der Waals surface area (Å²) in [5.74, 6) is -0.830. The number of hydrogen-bond donors (Lipinski definition) is 3. The van der Waals surface area contributed by atoms with Crippen molar-refractivity contribution in [2.24, 2.45) is 5.73 Å². The molecule has 1 saturated heterocycles. The Balaban J connectivity index is 2.22. The van der Waals surface area contributed by atoms with Gasteiger partial charge in [0.05, 0.1) is 18.9 Å². The number of nitrogens with one attached hydrogen (secondary N) is 1. The maximum absolute atomic E-state index is 10.1. The van der Waals surface area contributed by atoms with Crippen molar-refractivity contribution in [1.82, 2.24) is 10.2 Å². The van der Waals surface area contributed by atoms with E-state index in [2.05, 4.69) is 5.32 Å². The second-order valence-corrected chi connectivity index (χ2v) is 2.45. The van der Waals surface area contributed by atoms with Crippen LogP contribution in [0.4, 0.5) is 0 Å². The fourth-order valence-electron chi connectivity index (χ4n) is 0.855. The van der Waals surface area contributed by atoms with Crippen LogP contribution in [0.15, 0.2) is 0 Å². The number of nitrogens with zero attached hydrogens (tertiary/aromatic N) is 1. The fourth-order valence-corrected chi connectivity index (χ4v) is 0.855. The first-order valence-corrected chi connectivity index (χ1v) is 3.05. The fraction of sp³-hybridized carbons (Fsp3) is 0.800. The topological polar surface area (TPSA) is 88.5 Å². The van der Waals surface area contributed by atoms with Gasteiger partial charge in [0.1, 0.15) is 0 Å². The molecule has 10 heavy (non-hydrogen) atoms. The molecular formula is C5H11N3O2. The molecule has 0 saturated carbocycles. The third-order valence-electron chi connectivity index (χ3n) is 1.45. The highest BCUT2D eigenvalue weighted by molar-refractivity contribution is 5.69. The molecule has 2 atom stereocenters. The lowest BCUT2D eigenvalue weighted by molar-refractivity contribution is -0.138. The van der Waals surface area contributed by atoms with Crippen LogP contribution in [-0.4, -0.2) is 41.9 Å². The lowest BCUT2D eigenvalue weighted by atomic mass is 10.5. The zero-order valence-electron chi connectivity index (χ0n) is 5.74. The van der Waals surface area contributed by atoms with E-state index >= 15 is 0 Å². The quantitative estimate of drug-likeness (QED) is 0.408. The van der Waals surface area contributed by atoms with Gasteiger partial charge in [-0.05, 0) is 7.05 Å². The number of carboxylic acid groups (broad SMARTS) is 1. The summed E-state index contributed by atoms with van der Waals surface area (Å²) >= 11 is 0. The minimum absolute atomic E-state index is 0.0331. The van der Waals surface area contributed by atoms with E-state index in [0.29, 0.717) is 0 Å². The van der Waals surface area contributed by atoms with Crippen molar-refractivity contribution in [2.75, 3.05) is 13.6 Å². The highest BCUT2D eigenvalue weighted by Crippen LogP contribution is 2.07. The number of aliphatic carboxylic acids is 1. The van der Waals surface area contributed by atoms with Crippen LogP contribution in [0.5, 0.6) is 0 Å². The van der Waals surface area contributed by atoms with Gasteiger partial charge in [-0.25, -0.2) is 0 Å². The van der Waals surface area contributed by atoms with Crippen LogP contribution in [0, 0.1) is 0 Å². The molecule has 1 aliphatic heterocycles. The molecule has 1 unspecified atom stereocenters. The molecule has 58 valence electrons. The SMILES string of the molecule is CN(CC(=O)O)C1N[C@@H]1N. The van der Waals surface area contributed by atoms with Crippen molar-refractivity contribution in [3.8, 4) is 0 Å². The zero-order valence-corrected chi connectivity index (χ0v) is 5.74. The molecule has 1 heterocycles. The van der Waals surface area contributed by atoms with Crippen molar-refractivity contribution in [2.45, 2.75) is 12.3 Å². The summed E-state index contributed by atoms with van der Waals surface area (Å²) in [4.78, 5) is 11.8. The van der Waals surface area contributed by atoms with Gasteiger partial charge in [0, 0.05) is 0 Å². The first-order valence-electron chi connectivity index (χ1n) is 3.05. The highest BCUT2D eigenvalue weighted by Gasteiger charge is 2.36. The van der Waals surface area contributed by atoms with E-state index in [0.717, 1.165) is 0 Å². The molecule has 0 amide bonds. The van der Waals surface area contributed by atoms with Gasteiger partial charge in [-0.2, -0.15) is 0 Å². The van der Waals surface area contributed by atoms with Crippen LogP contribution in [0.2, 0.25) is 0 Å². The van der Waals surface area contributed by atoms with Gasteiger partial charge in [-0.3, -0.25) is 15.0 Å². The van der Waals surface area contributed by atoms with Crippen LogP contribution >= 0.6 is 0 Å². The molecule has 0 aromatic carbocycles. The molecule has 5 heteroatoms. The molecular weight excluding hydrogens is 134 g/mol. The Bertz CT molecular complexity index is 150. The van der Waals surface area contributed by atoms with Crippen molar-refractivity contribution in [3.63, 3.8) is 0 Å². The van der Waals surface area contributed by atoms with Crippen molar-refractivity contribution in [1.29, 1.82) is 0 Å². The summed E-state index contributed by atoms with van der Waals surface area (Å²) in [6, 6.07) is 0. The monoisotopic (exact) mass is 145 g/mol. The van der Waals surface area contributed by atoms with Crippen LogP contribution < -0.4 is 11.1 Å². The van der Waals surface area contributed by atoms with Crippen molar-refractivity contribution < 1.29 is 9.90 Å². The zero-order chi connectivity index (χ0) is 7.72. The van der Waals surface area contributed by atoms with Gasteiger partial charge in [0.2, 0.25) is 0 Å². The Labute approximate surface area is 58.8 Å². The van der Waals surface area contributed by atoms with Crippen LogP contribution in [0.3, 0.4) is 0 Å². The summed E-state index contributed by atoms with van der Waals surface area (Å²) in [5, 5.41) is 11.2. The lowest BCUT2D eigenvalue weighted by Gasteiger charge is -2.10. The number of likely N-dealkylation sites (N-methyl/N-ethyl adjacent to an activating group) is 1. The van der Waals surface area contributed by atoms with Gasteiger partial charge in [-0.15, -0.1) is 0 Å². The van der Waals surface area contributed by atoms with E-state index in [-0.39, 0.29) is 18.9 Å². The maximum atomic E-state index is 10.1. The Morgan fingerprint density at radius 3 is 2.70 bits per heavy atom. The van der Waals surface area contributed by atoms with E-state index in [1.165, 1.54) is 0 Å². The smallest absolute Gasteiger partial charge is 0.317 e. The molecule has 0 aromatic heterocycles. The molecule has 1 fully saturated rings. The summed E-state index contributed by atoms with van der Waals surface area (Å²) in [7, 11) is 1.72. The average molecular weight is 145 g/mol. The van der Waals surface area contributed by atoms with E-state index in [1.807, 2.05) is 0 Å². The number of carboxylic acids is 1. The molecule has 1 rings (SSSR count). The second kappa shape index (κ2) is 2.53. The van der Waals surface area contributed by atoms with E-state index < -0.39 is 5.97 Å². The molecule has 0 spiro atoms. The summed E-state index contributed by atoms with van der Waals surface area (Å²) in [6.45, 7) is 0.0331. The average Bonchev–Trinajstić information content (AvgIpc) is 2.44. The summed E-state index contributed by atoms with van der Waals surface area (Å²) in [5.41, 5.74) is 5.40. The molecule has 0 aromatic rings. The number of carbonyl (C=O) groups is 1. The Kier molecular flexibility index (Phi) is 1.89. The molecule has 5 nitrogen and oxygen atoms in total. The molecule has 1 aliphatic rings. The Morgan fingerprint density at radius 2 is 2.40 bits per heavy atom. The molecule has 0 aliphatic carbocycles. The predicted octanol–water partition coefficient (Wildman–Crippen LogP) is -1.78. The first-order chi connectivity index (χ1) is 4.61. The van der Waals surface area contributed by atoms with Crippen LogP contribution in [0.25, 0.3) is 0 Å². The lowest BCUT2D eigenvalue weighted by Crippen LogP contribution is -2.31.